The molecule has 0 atom stereocenters. The van der Waals surface area contributed by atoms with Crippen LogP contribution < -0.4 is 15.0 Å². The molecule has 1 saturated heterocycles. The van der Waals surface area contributed by atoms with Crippen LogP contribution in [0.25, 0.3) is 6.08 Å². The molecule has 0 saturated carbocycles. The van der Waals surface area contributed by atoms with Crippen LogP contribution in [0.3, 0.4) is 0 Å². The van der Waals surface area contributed by atoms with E-state index in [1.165, 1.54) is 36.4 Å². The van der Waals surface area contributed by atoms with Gasteiger partial charge in [-0.1, -0.05) is 28.1 Å². The van der Waals surface area contributed by atoms with Gasteiger partial charge in [0.2, 0.25) is 0 Å². The maximum Gasteiger partial charge on any atom is 0.335 e. The van der Waals surface area contributed by atoms with Gasteiger partial charge in [-0.2, -0.15) is 0 Å². The zero-order chi connectivity index (χ0) is 25.1. The van der Waals surface area contributed by atoms with Crippen molar-refractivity contribution in [3.8, 4) is 5.75 Å². The van der Waals surface area contributed by atoms with Crippen molar-refractivity contribution < 1.29 is 28.4 Å². The number of hydrogen-bond acceptors (Lipinski definition) is 6. The first-order valence-electron chi connectivity index (χ1n) is 10.1. The minimum absolute atomic E-state index is 0.0141. The monoisotopic (exact) mass is 539 g/mol. The molecule has 9 nitrogen and oxygen atoms in total. The molecule has 4 rings (SSSR count). The van der Waals surface area contributed by atoms with E-state index >= 15 is 0 Å². The van der Waals surface area contributed by atoms with E-state index in [1.807, 2.05) is 0 Å². The highest BCUT2D eigenvalue weighted by molar-refractivity contribution is 9.10. The van der Waals surface area contributed by atoms with Crippen LogP contribution in [0.15, 0.2) is 76.8 Å². The molecule has 0 aromatic heterocycles. The predicted molar refractivity (Wildman–Crippen MR) is 127 cm³/mol. The molecule has 3 aromatic rings. The van der Waals surface area contributed by atoms with E-state index in [1.54, 1.807) is 24.3 Å². The summed E-state index contributed by atoms with van der Waals surface area (Å²) in [7, 11) is 0. The average molecular weight is 540 g/mol. The number of urea groups is 1. The molecule has 0 radical (unpaired) electrons. The lowest BCUT2D eigenvalue weighted by molar-refractivity contribution is -0.384. The third kappa shape index (κ3) is 5.25. The van der Waals surface area contributed by atoms with E-state index in [2.05, 4.69) is 21.2 Å². The average Bonchev–Trinajstić information content (AvgIpc) is 2.82. The Morgan fingerprint density at radius 2 is 1.80 bits per heavy atom. The maximum absolute atomic E-state index is 13.3. The number of barbiturate groups is 1. The summed E-state index contributed by atoms with van der Waals surface area (Å²) in [4.78, 5) is 49.1. The summed E-state index contributed by atoms with van der Waals surface area (Å²) in [5, 5.41) is 13.1. The number of anilines is 1. The molecule has 1 aliphatic rings. The van der Waals surface area contributed by atoms with E-state index in [4.69, 9.17) is 4.74 Å². The number of benzene rings is 3. The van der Waals surface area contributed by atoms with Crippen LogP contribution in [-0.2, 0) is 16.2 Å². The zero-order valence-electron chi connectivity index (χ0n) is 17.7. The molecule has 35 heavy (non-hydrogen) atoms. The summed E-state index contributed by atoms with van der Waals surface area (Å²) in [5.74, 6) is -2.05. The Morgan fingerprint density at radius 1 is 1.06 bits per heavy atom. The van der Waals surface area contributed by atoms with E-state index in [-0.39, 0.29) is 29.3 Å². The van der Waals surface area contributed by atoms with E-state index in [0.717, 1.165) is 17.0 Å². The van der Waals surface area contributed by atoms with Gasteiger partial charge < -0.3 is 4.74 Å². The van der Waals surface area contributed by atoms with Gasteiger partial charge in [0, 0.05) is 22.2 Å². The van der Waals surface area contributed by atoms with Crippen molar-refractivity contribution in [2.75, 3.05) is 4.90 Å². The van der Waals surface area contributed by atoms with Crippen molar-refractivity contribution in [1.29, 1.82) is 0 Å². The molecule has 1 heterocycles. The predicted octanol–water partition coefficient (Wildman–Crippen LogP) is 4.74. The van der Waals surface area contributed by atoms with Gasteiger partial charge in [-0.15, -0.1) is 0 Å². The van der Waals surface area contributed by atoms with Crippen LogP contribution in [0, 0.1) is 15.9 Å². The molecule has 4 amide bonds. The van der Waals surface area contributed by atoms with E-state index in [9.17, 15) is 28.9 Å². The van der Waals surface area contributed by atoms with Gasteiger partial charge in [0.05, 0.1) is 10.6 Å². The second-order valence-electron chi connectivity index (χ2n) is 7.33. The van der Waals surface area contributed by atoms with Crippen molar-refractivity contribution in [3.63, 3.8) is 0 Å². The molecule has 0 bridgehead atoms. The third-order valence-electron chi connectivity index (χ3n) is 4.97. The second kappa shape index (κ2) is 9.85. The van der Waals surface area contributed by atoms with Crippen LogP contribution in [0.2, 0.25) is 0 Å². The molecule has 3 aromatic carbocycles. The molecule has 1 N–H and O–H groups in total. The highest BCUT2D eigenvalue weighted by Crippen LogP contribution is 2.29. The number of rotatable bonds is 6. The fourth-order valence-corrected chi connectivity index (χ4v) is 3.70. The molecule has 176 valence electrons. The molecule has 1 aliphatic heterocycles. The summed E-state index contributed by atoms with van der Waals surface area (Å²) < 4.78 is 19.7. The lowest BCUT2D eigenvalue weighted by atomic mass is 10.1. The highest BCUT2D eigenvalue weighted by Gasteiger charge is 2.37. The molecular formula is C24H15BrFN3O6. The molecule has 0 aliphatic carbocycles. The van der Waals surface area contributed by atoms with Gasteiger partial charge >= 0.3 is 6.03 Å². The summed E-state index contributed by atoms with van der Waals surface area (Å²) in [6.07, 6.45) is 1.27. The minimum Gasteiger partial charge on any atom is -0.488 e. The van der Waals surface area contributed by atoms with Crippen LogP contribution >= 0.6 is 15.9 Å². The largest absolute Gasteiger partial charge is 0.488 e. The first kappa shape index (κ1) is 23.8. The molecule has 0 spiro atoms. The van der Waals surface area contributed by atoms with Crippen molar-refractivity contribution in [3.05, 3.63) is 104 Å². The Kier molecular flexibility index (Phi) is 6.69. The lowest BCUT2D eigenvalue weighted by Gasteiger charge is -2.26. The number of nitrogens with one attached hydrogen (secondary N) is 1. The van der Waals surface area contributed by atoms with Gasteiger partial charge in [-0.05, 0) is 54.1 Å². The Labute approximate surface area is 206 Å². The zero-order valence-corrected chi connectivity index (χ0v) is 19.3. The Morgan fingerprint density at radius 3 is 2.51 bits per heavy atom. The quantitative estimate of drug-likeness (QED) is 0.209. The fraction of sp³-hybridized carbons (Fsp3) is 0.0417. The fourth-order valence-electron chi connectivity index (χ4n) is 3.32. The number of nitro benzene ring substituents is 1. The second-order valence-corrected chi connectivity index (χ2v) is 8.25. The van der Waals surface area contributed by atoms with Gasteiger partial charge in [-0.3, -0.25) is 25.0 Å². The molecule has 11 heteroatoms. The van der Waals surface area contributed by atoms with Crippen LogP contribution in [0.1, 0.15) is 11.1 Å². The number of nitrogens with zero attached hydrogens (tertiary/aromatic N) is 2. The number of halogens is 2. The van der Waals surface area contributed by atoms with Gasteiger partial charge in [0.15, 0.2) is 0 Å². The number of amides is 4. The van der Waals surface area contributed by atoms with Crippen LogP contribution in [0.5, 0.6) is 5.75 Å². The van der Waals surface area contributed by atoms with E-state index < -0.39 is 28.6 Å². The summed E-state index contributed by atoms with van der Waals surface area (Å²) in [6, 6.07) is 14.5. The summed E-state index contributed by atoms with van der Waals surface area (Å²) >= 11 is 3.33. The molecule has 0 unspecified atom stereocenters. The van der Waals surface area contributed by atoms with Crippen molar-refractivity contribution in [1.82, 2.24) is 5.32 Å². The number of imide groups is 2. The Hall–Kier alpha value is -4.38. The third-order valence-corrected chi connectivity index (χ3v) is 5.47. The van der Waals surface area contributed by atoms with Crippen molar-refractivity contribution in [2.24, 2.45) is 0 Å². The SMILES string of the molecule is O=C1NC(=O)N(c2ccc(F)cc2)C(=O)/C1=C/c1cc(Br)ccc1OCc1cccc([N+](=O)[O-])c1. The Bertz CT molecular complexity index is 1390. The van der Waals surface area contributed by atoms with Crippen LogP contribution in [-0.4, -0.2) is 22.8 Å². The van der Waals surface area contributed by atoms with Gasteiger partial charge in [-0.25, -0.2) is 14.1 Å². The lowest BCUT2D eigenvalue weighted by Crippen LogP contribution is -2.54. The number of ether oxygens (including phenoxy) is 1. The number of hydrogen-bond donors (Lipinski definition) is 1. The van der Waals surface area contributed by atoms with Gasteiger partial charge in [0.25, 0.3) is 17.5 Å². The highest BCUT2D eigenvalue weighted by atomic mass is 79.9. The van der Waals surface area contributed by atoms with Crippen molar-refractivity contribution in [2.45, 2.75) is 6.61 Å². The normalized spacial score (nSPS) is 14.7. The minimum atomic E-state index is -0.958. The topological polar surface area (TPSA) is 119 Å². The summed E-state index contributed by atoms with van der Waals surface area (Å²) in [5.41, 5.74) is 0.548. The standard InChI is InChI=1S/C24H15BrFN3O6/c25-16-4-9-21(35-13-14-2-1-3-19(10-14)29(33)34)15(11-16)12-20-22(30)27-24(32)28(23(20)31)18-7-5-17(26)6-8-18/h1-12H,13H2,(H,27,30,32)/b20-12+. The number of non-ortho nitro benzene ring substituents is 1. The smallest absolute Gasteiger partial charge is 0.335 e. The number of nitro groups is 1. The van der Waals surface area contributed by atoms with Gasteiger partial charge in [0.1, 0.15) is 23.7 Å². The number of carbonyl (C=O) groups excluding carboxylic acids is 3. The summed E-state index contributed by atoms with van der Waals surface area (Å²) in [6.45, 7) is -0.0141. The first-order valence-corrected chi connectivity index (χ1v) is 10.8. The number of carbonyl (C=O) groups is 3. The Balaban J connectivity index is 1.65. The van der Waals surface area contributed by atoms with Crippen LogP contribution in [0.4, 0.5) is 20.6 Å². The molecule has 1 fully saturated rings. The van der Waals surface area contributed by atoms with Crippen molar-refractivity contribution >= 4 is 51.2 Å². The first-order chi connectivity index (χ1) is 16.7. The maximum atomic E-state index is 13.3. The van der Waals surface area contributed by atoms with E-state index in [0.29, 0.717) is 15.6 Å². The molecular weight excluding hydrogens is 525 g/mol.